The van der Waals surface area contributed by atoms with Crippen LogP contribution in [0, 0.1) is 5.92 Å². The summed E-state index contributed by atoms with van der Waals surface area (Å²) in [6, 6.07) is 12.8. The number of aromatic nitrogens is 1. The fraction of sp³-hybridized carbons (Fsp3) is 0.333. The molecule has 0 bridgehead atoms. The molecular formula is C21H23N3O4S2. The molecule has 1 saturated heterocycles. The zero-order chi connectivity index (χ0) is 21.1. The number of sulfonamides is 1. The molecule has 2 heterocycles. The highest BCUT2D eigenvalue weighted by Crippen LogP contribution is 2.29. The number of hydrogen-bond acceptors (Lipinski definition) is 6. The lowest BCUT2D eigenvalue weighted by Crippen LogP contribution is -2.42. The Hall–Kier alpha value is -2.49. The zero-order valence-corrected chi connectivity index (χ0v) is 18.2. The van der Waals surface area contributed by atoms with Crippen LogP contribution in [0.15, 0.2) is 52.9 Å². The Balaban J connectivity index is 1.38. The van der Waals surface area contributed by atoms with Crippen LogP contribution in [0.25, 0.3) is 10.2 Å². The van der Waals surface area contributed by atoms with Gasteiger partial charge in [-0.05, 0) is 31.0 Å². The van der Waals surface area contributed by atoms with E-state index in [2.05, 4.69) is 10.3 Å². The SMILES string of the molecule is COc1ccccc1CNC(=O)C1CCN(S(=O)(=O)c2cccc3scnc23)CC1. The molecule has 9 heteroatoms. The third-order valence-electron chi connectivity index (χ3n) is 5.41. The first-order valence-electron chi connectivity index (χ1n) is 9.72. The van der Waals surface area contributed by atoms with Crippen molar-refractivity contribution in [2.75, 3.05) is 20.2 Å². The van der Waals surface area contributed by atoms with Gasteiger partial charge in [-0.2, -0.15) is 4.31 Å². The van der Waals surface area contributed by atoms with Gasteiger partial charge >= 0.3 is 0 Å². The van der Waals surface area contributed by atoms with E-state index in [1.165, 1.54) is 15.6 Å². The smallest absolute Gasteiger partial charge is 0.245 e. The van der Waals surface area contributed by atoms with Crippen molar-refractivity contribution in [3.63, 3.8) is 0 Å². The summed E-state index contributed by atoms with van der Waals surface area (Å²) in [6.07, 6.45) is 0.980. The van der Waals surface area contributed by atoms with Crippen molar-refractivity contribution in [3.05, 3.63) is 53.5 Å². The van der Waals surface area contributed by atoms with Crippen molar-refractivity contribution in [2.24, 2.45) is 5.92 Å². The van der Waals surface area contributed by atoms with E-state index >= 15 is 0 Å². The summed E-state index contributed by atoms with van der Waals surface area (Å²) in [7, 11) is -2.04. The molecule has 1 amide bonds. The number of para-hydroxylation sites is 2. The molecule has 3 aromatic rings. The van der Waals surface area contributed by atoms with Crippen molar-refractivity contribution in [2.45, 2.75) is 24.3 Å². The Morgan fingerprint density at radius 3 is 2.73 bits per heavy atom. The van der Waals surface area contributed by atoms with Crippen LogP contribution in [0.1, 0.15) is 18.4 Å². The summed E-state index contributed by atoms with van der Waals surface area (Å²) in [5.41, 5.74) is 3.08. The Labute approximate surface area is 179 Å². The van der Waals surface area contributed by atoms with Gasteiger partial charge in [0.15, 0.2) is 0 Å². The highest BCUT2D eigenvalue weighted by molar-refractivity contribution is 7.89. The quantitative estimate of drug-likeness (QED) is 0.630. The molecule has 0 unspecified atom stereocenters. The van der Waals surface area contributed by atoms with Gasteiger partial charge in [0.05, 0.1) is 17.3 Å². The van der Waals surface area contributed by atoms with E-state index in [0.29, 0.717) is 38.0 Å². The summed E-state index contributed by atoms with van der Waals surface area (Å²) in [6.45, 7) is 1.01. The second-order valence-electron chi connectivity index (χ2n) is 7.16. The van der Waals surface area contributed by atoms with Gasteiger partial charge in [-0.25, -0.2) is 13.4 Å². The van der Waals surface area contributed by atoms with Crippen LogP contribution in [-0.2, 0) is 21.4 Å². The van der Waals surface area contributed by atoms with Gasteiger partial charge in [-0.15, -0.1) is 11.3 Å². The number of thiazole rings is 1. The van der Waals surface area contributed by atoms with Crippen LogP contribution in [0.4, 0.5) is 0 Å². The van der Waals surface area contributed by atoms with Crippen LogP contribution >= 0.6 is 11.3 Å². The lowest BCUT2D eigenvalue weighted by molar-refractivity contribution is -0.126. The molecule has 30 heavy (non-hydrogen) atoms. The average molecular weight is 446 g/mol. The second-order valence-corrected chi connectivity index (χ2v) is 9.96. The van der Waals surface area contributed by atoms with E-state index < -0.39 is 10.0 Å². The van der Waals surface area contributed by atoms with E-state index in [1.807, 2.05) is 30.3 Å². The van der Waals surface area contributed by atoms with Gasteiger partial charge in [0, 0.05) is 31.1 Å². The molecule has 0 atom stereocenters. The molecule has 0 spiro atoms. The van der Waals surface area contributed by atoms with Gasteiger partial charge < -0.3 is 10.1 Å². The zero-order valence-electron chi connectivity index (χ0n) is 16.6. The van der Waals surface area contributed by atoms with Gasteiger partial charge in [0.2, 0.25) is 15.9 Å². The highest BCUT2D eigenvalue weighted by Gasteiger charge is 2.33. The molecule has 158 valence electrons. The Bertz CT molecular complexity index is 1150. The molecule has 7 nitrogen and oxygen atoms in total. The number of piperidine rings is 1. The maximum Gasteiger partial charge on any atom is 0.245 e. The minimum atomic E-state index is -3.64. The van der Waals surface area contributed by atoms with E-state index in [-0.39, 0.29) is 16.7 Å². The van der Waals surface area contributed by atoms with E-state index in [1.54, 1.807) is 24.8 Å². The van der Waals surface area contributed by atoms with E-state index in [9.17, 15) is 13.2 Å². The molecule has 0 aliphatic carbocycles. The van der Waals surface area contributed by atoms with E-state index in [0.717, 1.165) is 16.0 Å². The lowest BCUT2D eigenvalue weighted by Gasteiger charge is -2.30. The summed E-state index contributed by atoms with van der Waals surface area (Å²) in [5.74, 6) is 0.468. The Kier molecular flexibility index (Phi) is 6.03. The molecular weight excluding hydrogens is 422 g/mol. The number of rotatable bonds is 6. The predicted octanol–water partition coefficient (Wildman–Crippen LogP) is 3.02. The minimum absolute atomic E-state index is 0.0560. The predicted molar refractivity (Wildman–Crippen MR) is 116 cm³/mol. The minimum Gasteiger partial charge on any atom is -0.496 e. The fourth-order valence-electron chi connectivity index (χ4n) is 3.74. The third kappa shape index (κ3) is 4.05. The molecule has 4 rings (SSSR count). The second kappa shape index (κ2) is 8.71. The maximum absolute atomic E-state index is 13.1. The summed E-state index contributed by atoms with van der Waals surface area (Å²) in [5, 5.41) is 2.95. The number of hydrogen-bond donors (Lipinski definition) is 1. The molecule has 1 aliphatic heterocycles. The summed E-state index contributed by atoms with van der Waals surface area (Å²) in [4.78, 5) is 17.1. The van der Waals surface area contributed by atoms with Gasteiger partial charge in [-0.1, -0.05) is 24.3 Å². The van der Waals surface area contributed by atoms with Gasteiger partial charge in [-0.3, -0.25) is 4.79 Å². The summed E-state index contributed by atoms with van der Waals surface area (Å²) < 4.78 is 33.9. The van der Waals surface area contributed by atoms with Gasteiger partial charge in [0.1, 0.15) is 16.2 Å². The van der Waals surface area contributed by atoms with E-state index in [4.69, 9.17) is 4.74 Å². The topological polar surface area (TPSA) is 88.6 Å². The number of methoxy groups -OCH3 is 1. The van der Waals surface area contributed by atoms with Crippen molar-refractivity contribution in [1.29, 1.82) is 0 Å². The van der Waals surface area contributed by atoms with Crippen molar-refractivity contribution in [1.82, 2.24) is 14.6 Å². The monoisotopic (exact) mass is 445 g/mol. The highest BCUT2D eigenvalue weighted by atomic mass is 32.2. The number of fused-ring (bicyclic) bond motifs is 1. The average Bonchev–Trinajstić information content (AvgIpc) is 3.26. The Morgan fingerprint density at radius 2 is 1.97 bits per heavy atom. The number of benzene rings is 2. The third-order valence-corrected chi connectivity index (χ3v) is 8.14. The van der Waals surface area contributed by atoms with Crippen molar-refractivity contribution < 1.29 is 17.9 Å². The first-order valence-corrected chi connectivity index (χ1v) is 12.0. The number of carbonyl (C=O) groups excluding carboxylic acids is 1. The molecule has 1 aliphatic rings. The number of carbonyl (C=O) groups is 1. The fourth-order valence-corrected chi connectivity index (χ4v) is 6.14. The first kappa shape index (κ1) is 20.8. The Morgan fingerprint density at radius 1 is 1.20 bits per heavy atom. The molecule has 1 aromatic heterocycles. The summed E-state index contributed by atoms with van der Waals surface area (Å²) >= 11 is 1.42. The lowest BCUT2D eigenvalue weighted by atomic mass is 9.97. The molecule has 0 radical (unpaired) electrons. The number of amides is 1. The van der Waals surface area contributed by atoms with Crippen LogP contribution in [0.2, 0.25) is 0 Å². The normalized spacial score (nSPS) is 15.9. The molecule has 0 saturated carbocycles. The largest absolute Gasteiger partial charge is 0.496 e. The number of nitrogens with zero attached hydrogens (tertiary/aromatic N) is 2. The first-order chi connectivity index (χ1) is 14.5. The van der Waals surface area contributed by atoms with Crippen molar-refractivity contribution >= 4 is 37.5 Å². The molecule has 1 fully saturated rings. The van der Waals surface area contributed by atoms with Crippen LogP contribution in [-0.4, -0.2) is 43.8 Å². The van der Waals surface area contributed by atoms with Crippen LogP contribution < -0.4 is 10.1 Å². The maximum atomic E-state index is 13.1. The molecule has 2 aromatic carbocycles. The number of ether oxygens (including phenoxy) is 1. The van der Waals surface area contributed by atoms with Crippen LogP contribution in [0.5, 0.6) is 5.75 Å². The van der Waals surface area contributed by atoms with Crippen LogP contribution in [0.3, 0.4) is 0 Å². The van der Waals surface area contributed by atoms with Crippen molar-refractivity contribution in [3.8, 4) is 5.75 Å². The van der Waals surface area contributed by atoms with Gasteiger partial charge in [0.25, 0.3) is 0 Å². The standard InChI is InChI=1S/C21H23N3O4S2/c1-28-17-6-3-2-5-16(17)13-22-21(25)15-9-11-24(12-10-15)30(26,27)19-8-4-7-18-20(19)23-14-29-18/h2-8,14-15H,9-13H2,1H3,(H,22,25). The molecule has 1 N–H and O–H groups in total. The number of nitrogens with one attached hydrogen (secondary N) is 1.